The van der Waals surface area contributed by atoms with Gasteiger partial charge in [-0.05, 0) is 36.0 Å². The standard InChI is InChI=1S/C23H18N2O2S/c1-27-20-14-8-5-11-17(20)15-21(22(26)16-9-3-2-4-10-16)28-23-24-18-12-6-7-13-19(18)25-23/h2-15H,1H3,(H,24,25)/b21-15+. The minimum atomic E-state index is -0.0584. The van der Waals surface area contributed by atoms with Crippen molar-refractivity contribution in [2.75, 3.05) is 7.11 Å². The van der Waals surface area contributed by atoms with Gasteiger partial charge < -0.3 is 9.72 Å². The Balaban J connectivity index is 1.76. The van der Waals surface area contributed by atoms with Gasteiger partial charge in [0.1, 0.15) is 5.75 Å². The first-order valence-electron chi connectivity index (χ1n) is 8.81. The smallest absolute Gasteiger partial charge is 0.199 e. The van der Waals surface area contributed by atoms with Crippen molar-refractivity contribution in [1.82, 2.24) is 9.97 Å². The number of aromatic nitrogens is 2. The van der Waals surface area contributed by atoms with E-state index >= 15 is 0 Å². The number of nitrogens with one attached hydrogen (secondary N) is 1. The van der Waals surface area contributed by atoms with E-state index in [0.29, 0.717) is 21.4 Å². The minimum Gasteiger partial charge on any atom is -0.496 e. The molecule has 0 saturated carbocycles. The lowest BCUT2D eigenvalue weighted by Gasteiger charge is -2.08. The largest absolute Gasteiger partial charge is 0.496 e. The zero-order valence-corrected chi connectivity index (χ0v) is 16.1. The molecule has 0 atom stereocenters. The molecule has 4 rings (SSSR count). The van der Waals surface area contributed by atoms with Gasteiger partial charge in [-0.1, -0.05) is 60.7 Å². The molecule has 3 aromatic carbocycles. The second-order valence-corrected chi connectivity index (χ2v) is 7.14. The summed E-state index contributed by atoms with van der Waals surface area (Å²) >= 11 is 1.32. The number of thioether (sulfide) groups is 1. The number of rotatable bonds is 6. The van der Waals surface area contributed by atoms with Crippen LogP contribution in [0.2, 0.25) is 0 Å². The molecular formula is C23H18N2O2S. The molecule has 138 valence electrons. The fourth-order valence-corrected chi connectivity index (χ4v) is 3.79. The molecule has 0 radical (unpaired) electrons. The molecule has 5 heteroatoms. The molecule has 0 aliphatic heterocycles. The lowest BCUT2D eigenvalue weighted by Crippen LogP contribution is -2.01. The van der Waals surface area contributed by atoms with Crippen LogP contribution in [0.15, 0.2) is 88.9 Å². The van der Waals surface area contributed by atoms with E-state index in [4.69, 9.17) is 4.74 Å². The number of carbonyl (C=O) groups excluding carboxylic acids is 1. The number of methoxy groups -OCH3 is 1. The number of ketones is 1. The summed E-state index contributed by atoms with van der Waals surface area (Å²) in [5, 5.41) is 0.673. The molecule has 1 N–H and O–H groups in total. The number of fused-ring (bicyclic) bond motifs is 1. The molecule has 4 aromatic rings. The molecule has 0 bridgehead atoms. The molecule has 0 spiro atoms. The highest BCUT2D eigenvalue weighted by Gasteiger charge is 2.17. The van der Waals surface area contributed by atoms with Crippen LogP contribution in [0.25, 0.3) is 17.1 Å². The zero-order valence-electron chi connectivity index (χ0n) is 15.3. The summed E-state index contributed by atoms with van der Waals surface area (Å²) < 4.78 is 5.44. The van der Waals surface area contributed by atoms with Crippen molar-refractivity contribution in [3.05, 3.63) is 94.9 Å². The van der Waals surface area contributed by atoms with Crippen molar-refractivity contribution in [2.24, 2.45) is 0 Å². The number of hydrogen-bond acceptors (Lipinski definition) is 4. The first-order chi connectivity index (χ1) is 13.7. The third kappa shape index (κ3) is 3.85. The van der Waals surface area contributed by atoms with E-state index in [1.807, 2.05) is 84.9 Å². The average Bonchev–Trinajstić information content (AvgIpc) is 3.16. The van der Waals surface area contributed by atoms with Crippen LogP contribution in [-0.2, 0) is 0 Å². The lowest BCUT2D eigenvalue weighted by atomic mass is 10.1. The number of hydrogen-bond donors (Lipinski definition) is 1. The molecule has 4 nitrogen and oxygen atoms in total. The first kappa shape index (κ1) is 18.1. The maximum absolute atomic E-state index is 13.2. The van der Waals surface area contributed by atoms with Gasteiger partial charge >= 0.3 is 0 Å². The van der Waals surface area contributed by atoms with E-state index in [2.05, 4.69) is 9.97 Å². The van der Waals surface area contributed by atoms with E-state index in [9.17, 15) is 4.79 Å². The Hall–Kier alpha value is -3.31. The van der Waals surface area contributed by atoms with Crippen LogP contribution in [0.5, 0.6) is 5.75 Å². The highest BCUT2D eigenvalue weighted by atomic mass is 32.2. The van der Waals surface area contributed by atoms with E-state index in [1.165, 1.54) is 11.8 Å². The van der Waals surface area contributed by atoms with Crippen molar-refractivity contribution < 1.29 is 9.53 Å². The van der Waals surface area contributed by atoms with Crippen LogP contribution < -0.4 is 4.74 Å². The Morgan fingerprint density at radius 3 is 2.46 bits per heavy atom. The number of aromatic amines is 1. The SMILES string of the molecule is COc1ccccc1/C=C(/Sc1nc2ccccc2[nH]1)C(=O)c1ccccc1. The maximum Gasteiger partial charge on any atom is 0.199 e. The van der Waals surface area contributed by atoms with Crippen LogP contribution >= 0.6 is 11.8 Å². The van der Waals surface area contributed by atoms with E-state index in [-0.39, 0.29) is 5.78 Å². The lowest BCUT2D eigenvalue weighted by molar-refractivity contribution is 0.104. The molecule has 0 aliphatic rings. The van der Waals surface area contributed by atoms with Gasteiger partial charge in [-0.25, -0.2) is 4.98 Å². The number of para-hydroxylation sites is 3. The number of Topliss-reactive ketones (excluding diaryl/α,β-unsaturated/α-hetero) is 1. The van der Waals surface area contributed by atoms with Gasteiger partial charge in [-0.15, -0.1) is 0 Å². The quantitative estimate of drug-likeness (QED) is 0.267. The van der Waals surface area contributed by atoms with Gasteiger partial charge in [0, 0.05) is 11.1 Å². The van der Waals surface area contributed by atoms with Crippen LogP contribution in [0, 0.1) is 0 Å². The van der Waals surface area contributed by atoms with Crippen molar-refractivity contribution in [2.45, 2.75) is 5.16 Å². The normalized spacial score (nSPS) is 11.5. The fourth-order valence-electron chi connectivity index (χ4n) is 2.88. The monoisotopic (exact) mass is 386 g/mol. The third-order valence-electron chi connectivity index (χ3n) is 4.26. The second kappa shape index (κ2) is 8.15. The minimum absolute atomic E-state index is 0.0584. The van der Waals surface area contributed by atoms with E-state index in [1.54, 1.807) is 7.11 Å². The van der Waals surface area contributed by atoms with E-state index < -0.39 is 0 Å². The topological polar surface area (TPSA) is 55.0 Å². The predicted molar refractivity (Wildman–Crippen MR) is 114 cm³/mol. The summed E-state index contributed by atoms with van der Waals surface area (Å²) in [5.41, 5.74) is 3.28. The van der Waals surface area contributed by atoms with Gasteiger partial charge in [-0.2, -0.15) is 0 Å². The van der Waals surface area contributed by atoms with Crippen LogP contribution in [0.1, 0.15) is 15.9 Å². The summed E-state index contributed by atoms with van der Waals surface area (Å²) in [6.07, 6.45) is 1.85. The Bertz CT molecular complexity index is 1120. The highest BCUT2D eigenvalue weighted by Crippen LogP contribution is 2.32. The molecule has 0 unspecified atom stereocenters. The molecule has 0 saturated heterocycles. The fraction of sp³-hybridized carbons (Fsp3) is 0.0435. The summed E-state index contributed by atoms with van der Waals surface area (Å²) in [6.45, 7) is 0. The highest BCUT2D eigenvalue weighted by molar-refractivity contribution is 8.04. The third-order valence-corrected chi connectivity index (χ3v) is 5.17. The molecule has 0 aliphatic carbocycles. The van der Waals surface area contributed by atoms with Crippen molar-refractivity contribution >= 4 is 34.7 Å². The molecular weight excluding hydrogens is 368 g/mol. The Kier molecular flexibility index (Phi) is 5.26. The molecule has 1 aromatic heterocycles. The number of nitrogens with zero attached hydrogens (tertiary/aromatic N) is 1. The number of allylic oxidation sites excluding steroid dienone is 1. The predicted octanol–water partition coefficient (Wildman–Crippen LogP) is 5.59. The van der Waals surface area contributed by atoms with Gasteiger partial charge in [0.05, 0.1) is 23.0 Å². The second-order valence-electron chi connectivity index (χ2n) is 6.11. The maximum atomic E-state index is 13.2. The summed E-state index contributed by atoms with van der Waals surface area (Å²) in [4.78, 5) is 21.6. The molecule has 0 fully saturated rings. The number of ether oxygens (including phenoxy) is 1. The van der Waals surface area contributed by atoms with Crippen molar-refractivity contribution in [1.29, 1.82) is 0 Å². The van der Waals surface area contributed by atoms with Crippen LogP contribution in [0.4, 0.5) is 0 Å². The van der Waals surface area contributed by atoms with Crippen LogP contribution in [-0.4, -0.2) is 22.9 Å². The van der Waals surface area contributed by atoms with Gasteiger partial charge in [0.15, 0.2) is 10.9 Å². The molecule has 28 heavy (non-hydrogen) atoms. The molecule has 0 amide bonds. The van der Waals surface area contributed by atoms with Crippen molar-refractivity contribution in [3.63, 3.8) is 0 Å². The van der Waals surface area contributed by atoms with Gasteiger partial charge in [0.2, 0.25) is 0 Å². The number of H-pyrrole nitrogens is 1. The number of imidazole rings is 1. The Labute approximate surface area is 167 Å². The Morgan fingerprint density at radius 1 is 0.964 bits per heavy atom. The Morgan fingerprint density at radius 2 is 1.68 bits per heavy atom. The zero-order chi connectivity index (χ0) is 19.3. The van der Waals surface area contributed by atoms with Gasteiger partial charge in [-0.3, -0.25) is 4.79 Å². The summed E-state index contributed by atoms with van der Waals surface area (Å²) in [5.74, 6) is 0.656. The first-order valence-corrected chi connectivity index (χ1v) is 9.63. The summed E-state index contributed by atoms with van der Waals surface area (Å²) in [7, 11) is 1.62. The summed E-state index contributed by atoms with van der Waals surface area (Å²) in [6, 6.07) is 24.7. The average molecular weight is 386 g/mol. The van der Waals surface area contributed by atoms with E-state index in [0.717, 1.165) is 16.6 Å². The number of carbonyl (C=O) groups is 1. The molecule has 1 heterocycles. The number of benzene rings is 3. The van der Waals surface area contributed by atoms with Crippen LogP contribution in [0.3, 0.4) is 0 Å². The van der Waals surface area contributed by atoms with Gasteiger partial charge in [0.25, 0.3) is 0 Å². The van der Waals surface area contributed by atoms with Crippen molar-refractivity contribution in [3.8, 4) is 5.75 Å².